The van der Waals surface area contributed by atoms with Gasteiger partial charge in [0.15, 0.2) is 0 Å². The molecule has 0 saturated heterocycles. The Morgan fingerprint density at radius 2 is 1.87 bits per heavy atom. The Bertz CT molecular complexity index is 1060. The van der Waals surface area contributed by atoms with Gasteiger partial charge in [-0.3, -0.25) is 14.4 Å². The lowest BCUT2D eigenvalue weighted by molar-refractivity contribution is 0.0939. The normalized spacial score (nSPS) is 10.6. The van der Waals surface area contributed by atoms with Crippen molar-refractivity contribution in [2.24, 2.45) is 0 Å². The Morgan fingerprint density at radius 1 is 1.03 bits per heavy atom. The van der Waals surface area contributed by atoms with Gasteiger partial charge in [-0.2, -0.15) is 5.10 Å². The molecule has 2 aromatic heterocycles. The molecule has 0 bridgehead atoms. The predicted molar refractivity (Wildman–Crippen MR) is 111 cm³/mol. The molecule has 3 aromatic rings. The van der Waals surface area contributed by atoms with Crippen LogP contribution in [0, 0.1) is 0 Å². The molecule has 0 radical (unpaired) electrons. The van der Waals surface area contributed by atoms with Gasteiger partial charge in [0.2, 0.25) is 0 Å². The van der Waals surface area contributed by atoms with Crippen LogP contribution in [0.3, 0.4) is 0 Å². The SMILES string of the molecule is CCCCn1nc(C(=O)NCc2cccc(C(=O)NCc3ccco3)c2)ccc1=O. The Labute approximate surface area is 173 Å². The first-order valence-corrected chi connectivity index (χ1v) is 9.82. The molecule has 0 atom stereocenters. The van der Waals surface area contributed by atoms with Gasteiger partial charge in [0, 0.05) is 24.7 Å². The van der Waals surface area contributed by atoms with Gasteiger partial charge < -0.3 is 15.1 Å². The fourth-order valence-electron chi connectivity index (χ4n) is 2.82. The fraction of sp³-hybridized carbons (Fsp3) is 0.273. The maximum absolute atomic E-state index is 12.4. The number of hydrogen-bond acceptors (Lipinski definition) is 5. The summed E-state index contributed by atoms with van der Waals surface area (Å²) >= 11 is 0. The number of hydrogen-bond donors (Lipinski definition) is 2. The van der Waals surface area contributed by atoms with E-state index in [1.165, 1.54) is 16.8 Å². The lowest BCUT2D eigenvalue weighted by Crippen LogP contribution is -2.29. The standard InChI is InChI=1S/C22H24N4O4/c1-2-3-11-26-20(27)10-9-19(25-26)22(29)23-14-16-6-4-7-17(13-16)21(28)24-15-18-8-5-12-30-18/h4-10,12-13H,2-3,11,14-15H2,1H3,(H,23,29)(H,24,28). The van der Waals surface area contributed by atoms with Crippen molar-refractivity contribution in [1.82, 2.24) is 20.4 Å². The Morgan fingerprint density at radius 3 is 2.63 bits per heavy atom. The van der Waals surface area contributed by atoms with Crippen molar-refractivity contribution in [3.8, 4) is 0 Å². The van der Waals surface area contributed by atoms with Gasteiger partial charge in [-0.25, -0.2) is 4.68 Å². The molecule has 1 aromatic carbocycles. The molecule has 3 rings (SSSR count). The van der Waals surface area contributed by atoms with Crippen LogP contribution in [0.15, 0.2) is 64.0 Å². The quantitative estimate of drug-likeness (QED) is 0.566. The molecule has 2 N–H and O–H groups in total. The molecule has 8 nitrogen and oxygen atoms in total. The number of amides is 2. The summed E-state index contributed by atoms with van der Waals surface area (Å²) in [7, 11) is 0. The number of carbonyl (C=O) groups excluding carboxylic acids is 2. The lowest BCUT2D eigenvalue weighted by Gasteiger charge is -2.09. The van der Waals surface area contributed by atoms with Gasteiger partial charge >= 0.3 is 0 Å². The van der Waals surface area contributed by atoms with Gasteiger partial charge in [-0.05, 0) is 42.3 Å². The first kappa shape index (κ1) is 21.0. The Hall–Kier alpha value is -3.68. The second kappa shape index (κ2) is 10.2. The monoisotopic (exact) mass is 408 g/mol. The van der Waals surface area contributed by atoms with Crippen molar-refractivity contribution in [2.75, 3.05) is 0 Å². The van der Waals surface area contributed by atoms with E-state index in [2.05, 4.69) is 15.7 Å². The maximum atomic E-state index is 12.4. The van der Waals surface area contributed by atoms with Crippen LogP contribution in [0.25, 0.3) is 0 Å². The van der Waals surface area contributed by atoms with Crippen molar-refractivity contribution >= 4 is 11.8 Å². The molecule has 30 heavy (non-hydrogen) atoms. The Kier molecular flexibility index (Phi) is 7.15. The molecule has 0 aliphatic rings. The van der Waals surface area contributed by atoms with Crippen LogP contribution in [0.5, 0.6) is 0 Å². The van der Waals surface area contributed by atoms with Gasteiger partial charge in [0.25, 0.3) is 17.4 Å². The number of unbranched alkanes of at least 4 members (excludes halogenated alkanes) is 1. The highest BCUT2D eigenvalue weighted by Crippen LogP contribution is 2.07. The van der Waals surface area contributed by atoms with E-state index < -0.39 is 0 Å². The zero-order valence-corrected chi connectivity index (χ0v) is 16.8. The molecule has 0 aliphatic heterocycles. The van der Waals surface area contributed by atoms with E-state index in [1.54, 1.807) is 36.6 Å². The molecule has 0 aliphatic carbocycles. The van der Waals surface area contributed by atoms with Crippen molar-refractivity contribution < 1.29 is 14.0 Å². The largest absolute Gasteiger partial charge is 0.467 e. The van der Waals surface area contributed by atoms with E-state index in [1.807, 2.05) is 13.0 Å². The molecule has 0 fully saturated rings. The third-order valence-corrected chi connectivity index (χ3v) is 4.47. The highest BCUT2D eigenvalue weighted by atomic mass is 16.3. The number of nitrogens with one attached hydrogen (secondary N) is 2. The van der Waals surface area contributed by atoms with Crippen LogP contribution < -0.4 is 16.2 Å². The molecule has 0 saturated carbocycles. The number of benzene rings is 1. The maximum Gasteiger partial charge on any atom is 0.271 e. The zero-order valence-electron chi connectivity index (χ0n) is 16.8. The molecule has 0 unspecified atom stereocenters. The van der Waals surface area contributed by atoms with Gasteiger partial charge in [-0.15, -0.1) is 0 Å². The minimum atomic E-state index is -0.382. The molecule has 2 amide bonds. The minimum Gasteiger partial charge on any atom is -0.467 e. The van der Waals surface area contributed by atoms with E-state index in [0.29, 0.717) is 24.4 Å². The van der Waals surface area contributed by atoms with Crippen LogP contribution in [0.4, 0.5) is 0 Å². The van der Waals surface area contributed by atoms with Crippen LogP contribution in [-0.4, -0.2) is 21.6 Å². The van der Waals surface area contributed by atoms with Crippen molar-refractivity contribution in [2.45, 2.75) is 39.4 Å². The summed E-state index contributed by atoms with van der Waals surface area (Å²) < 4.78 is 6.51. The average Bonchev–Trinajstić information content (AvgIpc) is 3.29. The van der Waals surface area contributed by atoms with E-state index in [9.17, 15) is 14.4 Å². The molecule has 8 heteroatoms. The summed E-state index contributed by atoms with van der Waals surface area (Å²) in [5, 5.41) is 9.70. The minimum absolute atomic E-state index is 0.179. The molecular formula is C22H24N4O4. The highest BCUT2D eigenvalue weighted by Gasteiger charge is 2.11. The predicted octanol–water partition coefficient (Wildman–Crippen LogP) is 2.50. The summed E-state index contributed by atoms with van der Waals surface area (Å²) in [5.74, 6) is 0.0525. The first-order chi connectivity index (χ1) is 14.6. The zero-order chi connectivity index (χ0) is 21.3. The van der Waals surface area contributed by atoms with Crippen LogP contribution in [0.1, 0.15) is 51.9 Å². The van der Waals surface area contributed by atoms with Gasteiger partial charge in [-0.1, -0.05) is 25.5 Å². The number of aryl methyl sites for hydroxylation is 1. The van der Waals surface area contributed by atoms with Crippen LogP contribution in [-0.2, 0) is 19.6 Å². The second-order valence-corrected chi connectivity index (χ2v) is 6.78. The molecule has 156 valence electrons. The van der Waals surface area contributed by atoms with Crippen LogP contribution in [0.2, 0.25) is 0 Å². The second-order valence-electron chi connectivity index (χ2n) is 6.78. The summed E-state index contributed by atoms with van der Waals surface area (Å²) in [5.41, 5.74) is 1.21. The lowest BCUT2D eigenvalue weighted by atomic mass is 10.1. The highest BCUT2D eigenvalue weighted by molar-refractivity contribution is 5.94. The molecular weight excluding hydrogens is 384 g/mol. The third kappa shape index (κ3) is 5.66. The van der Waals surface area contributed by atoms with Crippen LogP contribution >= 0.6 is 0 Å². The number of rotatable bonds is 9. The summed E-state index contributed by atoms with van der Waals surface area (Å²) in [6.45, 7) is 3.03. The number of aromatic nitrogens is 2. The van der Waals surface area contributed by atoms with Crippen molar-refractivity contribution in [3.05, 3.63) is 87.7 Å². The van der Waals surface area contributed by atoms with Crippen molar-refractivity contribution in [3.63, 3.8) is 0 Å². The van der Waals surface area contributed by atoms with E-state index in [0.717, 1.165) is 18.4 Å². The van der Waals surface area contributed by atoms with Gasteiger partial charge in [0.05, 0.1) is 12.8 Å². The van der Waals surface area contributed by atoms with E-state index >= 15 is 0 Å². The van der Waals surface area contributed by atoms with Crippen molar-refractivity contribution in [1.29, 1.82) is 0 Å². The summed E-state index contributed by atoms with van der Waals surface area (Å²) in [4.78, 5) is 36.6. The topological polar surface area (TPSA) is 106 Å². The van der Waals surface area contributed by atoms with E-state index in [-0.39, 0.29) is 29.6 Å². The summed E-state index contributed by atoms with van der Waals surface area (Å²) in [6, 6.07) is 13.3. The number of nitrogens with zero attached hydrogens (tertiary/aromatic N) is 2. The molecule has 0 spiro atoms. The first-order valence-electron chi connectivity index (χ1n) is 9.82. The number of furan rings is 1. The molecule has 2 heterocycles. The van der Waals surface area contributed by atoms with Gasteiger partial charge in [0.1, 0.15) is 11.5 Å². The smallest absolute Gasteiger partial charge is 0.271 e. The Balaban J connectivity index is 1.59. The van der Waals surface area contributed by atoms with E-state index in [4.69, 9.17) is 4.42 Å². The summed E-state index contributed by atoms with van der Waals surface area (Å²) in [6.07, 6.45) is 3.29. The fourth-order valence-corrected chi connectivity index (χ4v) is 2.82. The average molecular weight is 408 g/mol. The number of carbonyl (C=O) groups is 2. The third-order valence-electron chi connectivity index (χ3n) is 4.47.